The Morgan fingerprint density at radius 1 is 1.42 bits per heavy atom. The molecule has 1 aromatic carbocycles. The Morgan fingerprint density at radius 3 is 2.42 bits per heavy atom. The first-order valence-corrected chi connectivity index (χ1v) is 4.41. The summed E-state index contributed by atoms with van der Waals surface area (Å²) in [6.07, 6.45) is 0. The van der Waals surface area contributed by atoms with Crippen LogP contribution in [0.2, 0.25) is 0 Å². The average Bonchev–Trinajstić information content (AvgIpc) is 2.17. The quantitative estimate of drug-likeness (QED) is 0.698. The average molecular weight is 183 g/mol. The standard InChI is InChI=1S/C9H13NOS/c1-11-8-4-2-7(3-5-8)9(10)6-12/h2-5,9,12H,6,10H2,1H3. The second kappa shape index (κ2) is 4.38. The van der Waals surface area contributed by atoms with Gasteiger partial charge in [-0.05, 0) is 17.7 Å². The summed E-state index contributed by atoms with van der Waals surface area (Å²) in [4.78, 5) is 0. The molecule has 0 saturated carbocycles. The molecular weight excluding hydrogens is 170 g/mol. The molecule has 1 rings (SSSR count). The Balaban J connectivity index is 2.77. The monoisotopic (exact) mass is 183 g/mol. The van der Waals surface area contributed by atoms with E-state index in [0.29, 0.717) is 5.75 Å². The molecule has 0 aromatic heterocycles. The van der Waals surface area contributed by atoms with Crippen LogP contribution in [0, 0.1) is 0 Å². The van der Waals surface area contributed by atoms with Crippen LogP contribution in [0.5, 0.6) is 5.75 Å². The van der Waals surface area contributed by atoms with Crippen molar-refractivity contribution in [3.8, 4) is 5.75 Å². The highest BCUT2D eigenvalue weighted by molar-refractivity contribution is 7.80. The van der Waals surface area contributed by atoms with Gasteiger partial charge >= 0.3 is 0 Å². The Hall–Kier alpha value is -0.670. The predicted molar refractivity (Wildman–Crippen MR) is 53.8 cm³/mol. The third kappa shape index (κ3) is 2.16. The van der Waals surface area contributed by atoms with E-state index in [1.54, 1.807) is 7.11 Å². The zero-order valence-corrected chi connectivity index (χ0v) is 7.92. The molecule has 12 heavy (non-hydrogen) atoms. The highest BCUT2D eigenvalue weighted by Gasteiger charge is 2.02. The van der Waals surface area contributed by atoms with E-state index in [-0.39, 0.29) is 6.04 Å². The van der Waals surface area contributed by atoms with Crippen LogP contribution in [0.25, 0.3) is 0 Å². The highest BCUT2D eigenvalue weighted by atomic mass is 32.1. The number of hydrogen-bond donors (Lipinski definition) is 2. The molecule has 1 aromatic rings. The molecule has 3 heteroatoms. The van der Waals surface area contributed by atoms with Gasteiger partial charge in [0.1, 0.15) is 5.75 Å². The number of rotatable bonds is 3. The van der Waals surface area contributed by atoms with Crippen LogP contribution in [0.3, 0.4) is 0 Å². The van der Waals surface area contributed by atoms with Gasteiger partial charge in [-0.15, -0.1) is 0 Å². The number of ether oxygens (including phenoxy) is 1. The zero-order valence-electron chi connectivity index (χ0n) is 7.03. The van der Waals surface area contributed by atoms with E-state index in [9.17, 15) is 0 Å². The van der Waals surface area contributed by atoms with E-state index in [4.69, 9.17) is 10.5 Å². The lowest BCUT2D eigenvalue weighted by Crippen LogP contribution is -2.11. The van der Waals surface area contributed by atoms with Gasteiger partial charge in [0.15, 0.2) is 0 Å². The van der Waals surface area contributed by atoms with Gasteiger partial charge in [0, 0.05) is 11.8 Å². The van der Waals surface area contributed by atoms with E-state index in [0.717, 1.165) is 11.3 Å². The summed E-state index contributed by atoms with van der Waals surface area (Å²) in [5.41, 5.74) is 6.86. The number of hydrogen-bond acceptors (Lipinski definition) is 3. The third-order valence-corrected chi connectivity index (χ3v) is 2.13. The summed E-state index contributed by atoms with van der Waals surface area (Å²) in [5.74, 6) is 1.51. The SMILES string of the molecule is COc1ccc(C(N)CS)cc1. The summed E-state index contributed by atoms with van der Waals surface area (Å²) in [5, 5.41) is 0. The molecule has 0 heterocycles. The third-order valence-electron chi connectivity index (χ3n) is 1.74. The first-order chi connectivity index (χ1) is 5.77. The lowest BCUT2D eigenvalue weighted by atomic mass is 10.1. The fourth-order valence-corrected chi connectivity index (χ4v) is 1.17. The molecule has 2 nitrogen and oxygen atoms in total. The number of thiol groups is 1. The van der Waals surface area contributed by atoms with Crippen molar-refractivity contribution in [2.45, 2.75) is 6.04 Å². The number of methoxy groups -OCH3 is 1. The topological polar surface area (TPSA) is 35.2 Å². The van der Waals surface area contributed by atoms with Gasteiger partial charge in [0.05, 0.1) is 7.11 Å². The van der Waals surface area contributed by atoms with Crippen LogP contribution in [0.4, 0.5) is 0 Å². The summed E-state index contributed by atoms with van der Waals surface area (Å²) < 4.78 is 5.02. The minimum Gasteiger partial charge on any atom is -0.497 e. The van der Waals surface area contributed by atoms with Crippen molar-refractivity contribution in [2.75, 3.05) is 12.9 Å². The van der Waals surface area contributed by atoms with E-state index in [1.807, 2.05) is 24.3 Å². The minimum atomic E-state index is 0.0132. The van der Waals surface area contributed by atoms with Crippen LogP contribution < -0.4 is 10.5 Å². The normalized spacial score (nSPS) is 12.6. The number of nitrogens with two attached hydrogens (primary N) is 1. The van der Waals surface area contributed by atoms with Gasteiger partial charge in [-0.1, -0.05) is 12.1 Å². The molecule has 1 atom stereocenters. The maximum atomic E-state index is 5.77. The Morgan fingerprint density at radius 2 is 2.00 bits per heavy atom. The van der Waals surface area contributed by atoms with Crippen molar-refractivity contribution in [1.82, 2.24) is 0 Å². The van der Waals surface area contributed by atoms with Crippen LogP contribution in [-0.2, 0) is 0 Å². The van der Waals surface area contributed by atoms with Crippen molar-refractivity contribution >= 4 is 12.6 Å². The van der Waals surface area contributed by atoms with Crippen LogP contribution >= 0.6 is 12.6 Å². The van der Waals surface area contributed by atoms with E-state index in [2.05, 4.69) is 12.6 Å². The molecule has 0 aliphatic carbocycles. The van der Waals surface area contributed by atoms with Crippen molar-refractivity contribution in [1.29, 1.82) is 0 Å². The maximum absolute atomic E-state index is 5.77. The number of benzene rings is 1. The predicted octanol–water partition coefficient (Wildman–Crippen LogP) is 1.62. The van der Waals surface area contributed by atoms with E-state index < -0.39 is 0 Å². The lowest BCUT2D eigenvalue weighted by molar-refractivity contribution is 0.414. The van der Waals surface area contributed by atoms with E-state index in [1.165, 1.54) is 0 Å². The lowest BCUT2D eigenvalue weighted by Gasteiger charge is -2.08. The Kier molecular flexibility index (Phi) is 3.44. The van der Waals surface area contributed by atoms with Crippen LogP contribution in [-0.4, -0.2) is 12.9 Å². The second-order valence-electron chi connectivity index (χ2n) is 2.56. The van der Waals surface area contributed by atoms with Crippen molar-refractivity contribution in [2.24, 2.45) is 5.73 Å². The molecule has 0 fully saturated rings. The molecule has 0 radical (unpaired) electrons. The summed E-state index contributed by atoms with van der Waals surface area (Å²) in [7, 11) is 1.65. The summed E-state index contributed by atoms with van der Waals surface area (Å²) in [6, 6.07) is 7.73. The maximum Gasteiger partial charge on any atom is 0.118 e. The Bertz CT molecular complexity index is 235. The smallest absolute Gasteiger partial charge is 0.118 e. The van der Waals surface area contributed by atoms with Gasteiger partial charge < -0.3 is 10.5 Å². The first kappa shape index (κ1) is 9.42. The van der Waals surface area contributed by atoms with Crippen LogP contribution in [0.1, 0.15) is 11.6 Å². The fraction of sp³-hybridized carbons (Fsp3) is 0.333. The second-order valence-corrected chi connectivity index (χ2v) is 2.93. The minimum absolute atomic E-state index is 0.0132. The Labute approximate surface area is 78.1 Å². The summed E-state index contributed by atoms with van der Waals surface area (Å²) >= 11 is 4.12. The van der Waals surface area contributed by atoms with Gasteiger partial charge in [0.2, 0.25) is 0 Å². The van der Waals surface area contributed by atoms with Crippen LogP contribution in [0.15, 0.2) is 24.3 Å². The molecule has 0 amide bonds. The fourth-order valence-electron chi connectivity index (χ4n) is 0.957. The van der Waals surface area contributed by atoms with Crippen molar-refractivity contribution < 1.29 is 4.74 Å². The van der Waals surface area contributed by atoms with E-state index >= 15 is 0 Å². The molecule has 0 aliphatic rings. The molecule has 0 bridgehead atoms. The molecular formula is C9H13NOS. The molecule has 0 saturated heterocycles. The molecule has 0 aliphatic heterocycles. The molecule has 66 valence electrons. The van der Waals surface area contributed by atoms with Gasteiger partial charge in [-0.25, -0.2) is 0 Å². The van der Waals surface area contributed by atoms with Gasteiger partial charge in [-0.3, -0.25) is 0 Å². The van der Waals surface area contributed by atoms with Gasteiger partial charge in [0.25, 0.3) is 0 Å². The zero-order chi connectivity index (χ0) is 8.97. The largest absolute Gasteiger partial charge is 0.497 e. The molecule has 0 spiro atoms. The van der Waals surface area contributed by atoms with Gasteiger partial charge in [-0.2, -0.15) is 12.6 Å². The molecule has 2 N–H and O–H groups in total. The molecule has 1 unspecified atom stereocenters. The highest BCUT2D eigenvalue weighted by Crippen LogP contribution is 2.16. The summed E-state index contributed by atoms with van der Waals surface area (Å²) in [6.45, 7) is 0. The van der Waals surface area contributed by atoms with Crippen molar-refractivity contribution in [3.05, 3.63) is 29.8 Å². The first-order valence-electron chi connectivity index (χ1n) is 3.78. The van der Waals surface area contributed by atoms with Crippen molar-refractivity contribution in [3.63, 3.8) is 0 Å².